The molecule has 1 N–H and O–H groups in total. The summed E-state index contributed by atoms with van der Waals surface area (Å²) < 4.78 is 0. The molecule has 0 aliphatic heterocycles. The van der Waals surface area contributed by atoms with Crippen molar-refractivity contribution in [3.63, 3.8) is 0 Å². The summed E-state index contributed by atoms with van der Waals surface area (Å²) in [4.78, 5) is 10.5. The van der Waals surface area contributed by atoms with Crippen LogP contribution in [0.25, 0.3) is 0 Å². The molecule has 4 nitrogen and oxygen atoms in total. The number of nitro groups is 1. The van der Waals surface area contributed by atoms with E-state index >= 15 is 0 Å². The summed E-state index contributed by atoms with van der Waals surface area (Å²) in [6, 6.07) is 5.75. The smallest absolute Gasteiger partial charge is 0.272 e. The summed E-state index contributed by atoms with van der Waals surface area (Å²) in [7, 11) is 0. The van der Waals surface area contributed by atoms with Gasteiger partial charge >= 0.3 is 0 Å². The van der Waals surface area contributed by atoms with Crippen molar-refractivity contribution in [2.75, 3.05) is 6.54 Å². The molecule has 0 aliphatic rings. The Kier molecular flexibility index (Phi) is 5.06. The molecule has 0 radical (unpaired) electrons. The molecule has 1 aromatic carbocycles. The highest BCUT2D eigenvalue weighted by molar-refractivity contribution is 5.42. The Morgan fingerprint density at radius 3 is 2.42 bits per heavy atom. The van der Waals surface area contributed by atoms with Gasteiger partial charge in [-0.2, -0.15) is 0 Å². The zero-order valence-corrected chi connectivity index (χ0v) is 12.5. The number of nitrogens with zero attached hydrogens (tertiary/aromatic N) is 1. The Labute approximate surface area is 115 Å². The first-order chi connectivity index (χ1) is 8.75. The molecular weight excluding hydrogens is 240 g/mol. The van der Waals surface area contributed by atoms with Gasteiger partial charge in [0.25, 0.3) is 5.69 Å². The third-order valence-corrected chi connectivity index (χ3v) is 3.39. The fraction of sp³-hybridized carbons (Fsp3) is 0.600. The topological polar surface area (TPSA) is 55.2 Å². The third kappa shape index (κ3) is 4.31. The SMILES string of the molecule is CCNC(Cc1ccc([N+](=O)[O-])c(C)c1)C(C)(C)C. The standard InChI is InChI=1S/C15H24N2O2/c1-6-16-14(15(3,4)5)10-12-7-8-13(17(18)19)11(2)9-12/h7-9,14,16H,6,10H2,1-5H3. The molecule has 1 aromatic rings. The first-order valence-corrected chi connectivity index (χ1v) is 6.73. The molecule has 0 heterocycles. The highest BCUT2D eigenvalue weighted by Gasteiger charge is 2.24. The zero-order chi connectivity index (χ0) is 14.6. The summed E-state index contributed by atoms with van der Waals surface area (Å²) in [5, 5.41) is 14.3. The lowest BCUT2D eigenvalue weighted by molar-refractivity contribution is -0.385. The molecule has 1 atom stereocenters. The summed E-state index contributed by atoms with van der Waals surface area (Å²) in [5.74, 6) is 0. The maximum absolute atomic E-state index is 10.8. The number of nitrogens with one attached hydrogen (secondary N) is 1. The number of aryl methyl sites for hydroxylation is 1. The fourth-order valence-electron chi connectivity index (χ4n) is 2.22. The first kappa shape index (κ1) is 15.6. The van der Waals surface area contributed by atoms with Crippen LogP contribution in [0.3, 0.4) is 0 Å². The van der Waals surface area contributed by atoms with Crippen molar-refractivity contribution in [2.45, 2.75) is 47.1 Å². The van der Waals surface area contributed by atoms with Crippen molar-refractivity contribution in [3.8, 4) is 0 Å². The van der Waals surface area contributed by atoms with Crippen LogP contribution in [0.1, 0.15) is 38.8 Å². The van der Waals surface area contributed by atoms with Gasteiger partial charge in [-0.25, -0.2) is 0 Å². The van der Waals surface area contributed by atoms with Crippen LogP contribution >= 0.6 is 0 Å². The predicted molar refractivity (Wildman–Crippen MR) is 78.5 cm³/mol. The molecule has 0 saturated carbocycles. The van der Waals surface area contributed by atoms with Crippen molar-refractivity contribution in [1.29, 1.82) is 0 Å². The summed E-state index contributed by atoms with van der Waals surface area (Å²) in [6.45, 7) is 11.4. The van der Waals surface area contributed by atoms with Crippen LogP contribution in [0.15, 0.2) is 18.2 Å². The lowest BCUT2D eigenvalue weighted by Gasteiger charge is -2.31. The summed E-state index contributed by atoms with van der Waals surface area (Å²) in [6.07, 6.45) is 0.885. The zero-order valence-electron chi connectivity index (χ0n) is 12.5. The van der Waals surface area contributed by atoms with E-state index in [1.807, 2.05) is 12.1 Å². The molecule has 0 amide bonds. The van der Waals surface area contributed by atoms with Gasteiger partial charge in [-0.05, 0) is 36.9 Å². The molecule has 0 saturated heterocycles. The second-order valence-electron chi connectivity index (χ2n) is 6.06. The van der Waals surface area contributed by atoms with Crippen LogP contribution < -0.4 is 5.32 Å². The van der Waals surface area contributed by atoms with E-state index in [9.17, 15) is 10.1 Å². The number of rotatable bonds is 5. The van der Waals surface area contributed by atoms with Crippen LogP contribution in [0, 0.1) is 22.5 Å². The van der Waals surface area contributed by atoms with Gasteiger partial charge in [-0.1, -0.05) is 33.8 Å². The van der Waals surface area contributed by atoms with Gasteiger partial charge in [0, 0.05) is 17.7 Å². The number of benzene rings is 1. The van der Waals surface area contributed by atoms with Gasteiger partial charge in [0.2, 0.25) is 0 Å². The van der Waals surface area contributed by atoms with E-state index in [2.05, 4.69) is 33.0 Å². The lowest BCUT2D eigenvalue weighted by Crippen LogP contribution is -2.41. The van der Waals surface area contributed by atoms with Crippen molar-refractivity contribution < 1.29 is 4.92 Å². The average Bonchev–Trinajstić information content (AvgIpc) is 2.26. The van der Waals surface area contributed by atoms with Gasteiger partial charge in [0.1, 0.15) is 0 Å². The van der Waals surface area contributed by atoms with Crippen LogP contribution in [0.2, 0.25) is 0 Å². The van der Waals surface area contributed by atoms with Gasteiger partial charge in [-0.15, -0.1) is 0 Å². The Morgan fingerprint density at radius 1 is 1.37 bits per heavy atom. The number of nitro benzene ring substituents is 1. The third-order valence-electron chi connectivity index (χ3n) is 3.39. The molecule has 4 heteroatoms. The molecule has 19 heavy (non-hydrogen) atoms. The lowest BCUT2D eigenvalue weighted by atomic mass is 9.83. The Balaban J connectivity index is 2.92. The van der Waals surface area contributed by atoms with E-state index in [1.165, 1.54) is 0 Å². The maximum Gasteiger partial charge on any atom is 0.272 e. The molecule has 0 spiro atoms. The number of likely N-dealkylation sites (N-methyl/N-ethyl adjacent to an activating group) is 1. The molecule has 0 aromatic heterocycles. The van der Waals surface area contributed by atoms with E-state index in [0.29, 0.717) is 6.04 Å². The van der Waals surface area contributed by atoms with Crippen LogP contribution in [0.4, 0.5) is 5.69 Å². The second kappa shape index (κ2) is 6.15. The molecule has 0 aliphatic carbocycles. The summed E-state index contributed by atoms with van der Waals surface area (Å²) >= 11 is 0. The fourth-order valence-corrected chi connectivity index (χ4v) is 2.22. The van der Waals surface area contributed by atoms with Crippen molar-refractivity contribution in [3.05, 3.63) is 39.4 Å². The summed E-state index contributed by atoms with van der Waals surface area (Å²) in [5.41, 5.74) is 2.22. The highest BCUT2D eigenvalue weighted by atomic mass is 16.6. The minimum atomic E-state index is -0.329. The number of hydrogen-bond acceptors (Lipinski definition) is 3. The molecule has 0 bridgehead atoms. The first-order valence-electron chi connectivity index (χ1n) is 6.73. The van der Waals surface area contributed by atoms with E-state index in [4.69, 9.17) is 0 Å². The minimum absolute atomic E-state index is 0.158. The largest absolute Gasteiger partial charge is 0.313 e. The molecule has 1 unspecified atom stereocenters. The van der Waals surface area contributed by atoms with Crippen molar-refractivity contribution >= 4 is 5.69 Å². The predicted octanol–water partition coefficient (Wildman–Crippen LogP) is 3.47. The quantitative estimate of drug-likeness (QED) is 0.654. The van der Waals surface area contributed by atoms with E-state index in [1.54, 1.807) is 13.0 Å². The van der Waals surface area contributed by atoms with Gasteiger partial charge in [-0.3, -0.25) is 10.1 Å². The monoisotopic (exact) mass is 264 g/mol. The maximum atomic E-state index is 10.8. The van der Waals surface area contributed by atoms with Crippen LogP contribution in [0.5, 0.6) is 0 Å². The van der Waals surface area contributed by atoms with E-state index in [0.717, 1.165) is 24.1 Å². The van der Waals surface area contributed by atoms with Gasteiger partial charge < -0.3 is 5.32 Å². The number of hydrogen-bond donors (Lipinski definition) is 1. The van der Waals surface area contributed by atoms with Crippen LogP contribution in [-0.2, 0) is 6.42 Å². The van der Waals surface area contributed by atoms with E-state index < -0.39 is 0 Å². The molecule has 1 rings (SSSR count). The van der Waals surface area contributed by atoms with E-state index in [-0.39, 0.29) is 16.0 Å². The highest BCUT2D eigenvalue weighted by Crippen LogP contribution is 2.25. The van der Waals surface area contributed by atoms with Crippen molar-refractivity contribution in [2.24, 2.45) is 5.41 Å². The second-order valence-corrected chi connectivity index (χ2v) is 6.06. The molecule has 106 valence electrons. The van der Waals surface area contributed by atoms with Crippen molar-refractivity contribution in [1.82, 2.24) is 5.32 Å². The normalized spacial score (nSPS) is 13.3. The molecular formula is C15H24N2O2. The minimum Gasteiger partial charge on any atom is -0.313 e. The molecule has 0 fully saturated rings. The van der Waals surface area contributed by atoms with Crippen LogP contribution in [-0.4, -0.2) is 17.5 Å². The van der Waals surface area contributed by atoms with Gasteiger partial charge in [0.15, 0.2) is 0 Å². The Morgan fingerprint density at radius 2 is 2.00 bits per heavy atom. The Bertz CT molecular complexity index is 450. The Hall–Kier alpha value is -1.42. The van der Waals surface area contributed by atoms with Gasteiger partial charge in [0.05, 0.1) is 4.92 Å². The average molecular weight is 264 g/mol.